The Hall–Kier alpha value is -1.65. The van der Waals surface area contributed by atoms with Crippen LogP contribution in [0.25, 0.3) is 0 Å². The molecule has 1 amide bonds. The minimum absolute atomic E-state index is 0.0890. The molecule has 3 N–H and O–H groups in total. The molecule has 0 aromatic carbocycles. The van der Waals surface area contributed by atoms with Crippen molar-refractivity contribution in [2.24, 2.45) is 0 Å². The van der Waals surface area contributed by atoms with Crippen LogP contribution in [-0.4, -0.2) is 34.9 Å². The second-order valence-electron chi connectivity index (χ2n) is 12.3. The van der Waals surface area contributed by atoms with E-state index in [0.717, 1.165) is 44.9 Å². The number of aliphatic hydroxyl groups excluding tert-OH is 2. The van der Waals surface area contributed by atoms with E-state index in [1.54, 1.807) is 0 Å². The Morgan fingerprint density at radius 1 is 0.558 bits per heavy atom. The fourth-order valence-corrected chi connectivity index (χ4v) is 5.23. The van der Waals surface area contributed by atoms with Gasteiger partial charge >= 0.3 is 0 Å². The lowest BCUT2D eigenvalue weighted by molar-refractivity contribution is -0.123. The first-order chi connectivity index (χ1) is 21.2. The smallest absolute Gasteiger partial charge is 0.220 e. The molecule has 0 rings (SSSR count). The molecule has 4 nitrogen and oxygen atoms in total. The van der Waals surface area contributed by atoms with Gasteiger partial charge in [-0.1, -0.05) is 165 Å². The van der Waals surface area contributed by atoms with Crippen molar-refractivity contribution >= 4 is 5.91 Å². The second-order valence-corrected chi connectivity index (χ2v) is 12.3. The highest BCUT2D eigenvalue weighted by atomic mass is 16.3. The summed E-state index contributed by atoms with van der Waals surface area (Å²) in [5.41, 5.74) is 0. The third-order valence-electron chi connectivity index (χ3n) is 8.09. The molecule has 0 heterocycles. The molecule has 4 heteroatoms. The van der Waals surface area contributed by atoms with Crippen LogP contribution in [0, 0.1) is 0 Å². The number of hydrogen-bond acceptors (Lipinski definition) is 3. The number of rotatable bonds is 32. The van der Waals surface area contributed by atoms with E-state index in [1.165, 1.54) is 103 Å². The normalized spacial score (nSPS) is 13.7. The van der Waals surface area contributed by atoms with E-state index < -0.39 is 12.1 Å². The Kier molecular flexibility index (Phi) is 33.5. The molecule has 0 unspecified atom stereocenters. The van der Waals surface area contributed by atoms with Gasteiger partial charge in [0.1, 0.15) is 0 Å². The predicted octanol–water partition coefficient (Wildman–Crippen LogP) is 10.8. The number of aliphatic hydroxyl groups is 2. The zero-order chi connectivity index (χ0) is 31.5. The molecule has 0 aliphatic heterocycles. The molecule has 0 aliphatic carbocycles. The van der Waals surface area contributed by atoms with E-state index in [4.69, 9.17) is 0 Å². The van der Waals surface area contributed by atoms with Crippen molar-refractivity contribution in [1.29, 1.82) is 0 Å². The lowest BCUT2D eigenvalue weighted by Gasteiger charge is -2.22. The maximum atomic E-state index is 12.3. The van der Waals surface area contributed by atoms with Crippen LogP contribution in [0.2, 0.25) is 0 Å². The summed E-state index contributed by atoms with van der Waals surface area (Å²) in [5.74, 6) is -0.0890. The SMILES string of the molecule is CCCCCCCCC/C=C/C/C=C/C/C=C/C/C=C/CCCC(=O)N[C@@H](CO)[C@H](O)CCCCCCCCCCCC. The van der Waals surface area contributed by atoms with Crippen molar-refractivity contribution < 1.29 is 15.0 Å². The fourth-order valence-electron chi connectivity index (χ4n) is 5.23. The second kappa shape index (κ2) is 34.8. The molecule has 250 valence electrons. The zero-order valence-corrected chi connectivity index (χ0v) is 28.5. The monoisotopic (exact) mass is 602 g/mol. The van der Waals surface area contributed by atoms with E-state index in [0.29, 0.717) is 12.8 Å². The summed E-state index contributed by atoms with van der Waals surface area (Å²) >= 11 is 0. The summed E-state index contributed by atoms with van der Waals surface area (Å²) in [6.45, 7) is 4.30. The zero-order valence-electron chi connectivity index (χ0n) is 28.5. The number of amides is 1. The van der Waals surface area contributed by atoms with Gasteiger partial charge in [0, 0.05) is 6.42 Å². The Labute approximate surface area is 267 Å². The Bertz CT molecular complexity index is 697. The molecule has 43 heavy (non-hydrogen) atoms. The number of nitrogens with one attached hydrogen (secondary N) is 1. The summed E-state index contributed by atoms with van der Waals surface area (Å²) in [5, 5.41) is 22.9. The third kappa shape index (κ3) is 31.6. The van der Waals surface area contributed by atoms with Crippen LogP contribution in [0.4, 0.5) is 0 Å². The van der Waals surface area contributed by atoms with Crippen molar-refractivity contribution in [3.63, 3.8) is 0 Å². The summed E-state index contributed by atoms with van der Waals surface area (Å²) in [6, 6.07) is -0.563. The highest BCUT2D eigenvalue weighted by molar-refractivity contribution is 5.76. The van der Waals surface area contributed by atoms with Crippen molar-refractivity contribution in [3.8, 4) is 0 Å². The first-order valence-electron chi connectivity index (χ1n) is 18.3. The van der Waals surface area contributed by atoms with Crippen molar-refractivity contribution in [1.82, 2.24) is 5.32 Å². The number of unbranched alkanes of at least 4 members (excludes halogenated alkanes) is 17. The van der Waals surface area contributed by atoms with Crippen LogP contribution in [0.15, 0.2) is 48.6 Å². The van der Waals surface area contributed by atoms with E-state index >= 15 is 0 Å². The largest absolute Gasteiger partial charge is 0.394 e. The number of hydrogen-bond donors (Lipinski definition) is 3. The molecule has 0 aromatic heterocycles. The Balaban J connectivity index is 3.71. The number of carbonyl (C=O) groups excluding carboxylic acids is 1. The average molecular weight is 602 g/mol. The van der Waals surface area contributed by atoms with Gasteiger partial charge in [0.25, 0.3) is 0 Å². The molecule has 0 aromatic rings. The summed E-state index contributed by atoms with van der Waals surface area (Å²) in [4.78, 5) is 12.3. The van der Waals surface area contributed by atoms with Crippen LogP contribution in [0.5, 0.6) is 0 Å². The van der Waals surface area contributed by atoms with Crippen LogP contribution < -0.4 is 5.32 Å². The van der Waals surface area contributed by atoms with Crippen LogP contribution in [-0.2, 0) is 4.79 Å². The molecule has 0 radical (unpaired) electrons. The van der Waals surface area contributed by atoms with Crippen LogP contribution in [0.1, 0.15) is 174 Å². The highest BCUT2D eigenvalue weighted by Crippen LogP contribution is 2.13. The van der Waals surface area contributed by atoms with Gasteiger partial charge in [-0.25, -0.2) is 0 Å². The van der Waals surface area contributed by atoms with Crippen LogP contribution >= 0.6 is 0 Å². The minimum atomic E-state index is -0.680. The number of allylic oxidation sites excluding steroid dienone is 8. The van der Waals surface area contributed by atoms with Gasteiger partial charge in [-0.3, -0.25) is 4.79 Å². The summed E-state index contributed by atoms with van der Waals surface area (Å²) in [7, 11) is 0. The van der Waals surface area contributed by atoms with Crippen molar-refractivity contribution in [2.45, 2.75) is 187 Å². The molecule has 0 saturated heterocycles. The van der Waals surface area contributed by atoms with Gasteiger partial charge in [-0.2, -0.15) is 0 Å². The first-order valence-corrected chi connectivity index (χ1v) is 18.3. The molecular weight excluding hydrogens is 530 g/mol. The maximum Gasteiger partial charge on any atom is 0.220 e. The van der Waals surface area contributed by atoms with Gasteiger partial charge in [0.05, 0.1) is 18.8 Å². The quantitative estimate of drug-likeness (QED) is 0.0530. The van der Waals surface area contributed by atoms with Gasteiger partial charge in [0.2, 0.25) is 5.91 Å². The van der Waals surface area contributed by atoms with Gasteiger partial charge in [-0.15, -0.1) is 0 Å². The van der Waals surface area contributed by atoms with Gasteiger partial charge in [-0.05, 0) is 51.4 Å². The van der Waals surface area contributed by atoms with E-state index in [2.05, 4.69) is 67.8 Å². The van der Waals surface area contributed by atoms with E-state index in [9.17, 15) is 15.0 Å². The molecular formula is C39H71NO3. The predicted molar refractivity (Wildman–Crippen MR) is 188 cm³/mol. The van der Waals surface area contributed by atoms with Gasteiger partial charge in [0.15, 0.2) is 0 Å². The summed E-state index contributed by atoms with van der Waals surface area (Å²) in [6.07, 6.45) is 46.0. The molecule has 0 aliphatic rings. The van der Waals surface area contributed by atoms with Crippen LogP contribution in [0.3, 0.4) is 0 Å². The third-order valence-corrected chi connectivity index (χ3v) is 8.09. The van der Waals surface area contributed by atoms with E-state index in [-0.39, 0.29) is 12.5 Å². The fraction of sp³-hybridized carbons (Fsp3) is 0.769. The molecule has 0 saturated carbocycles. The highest BCUT2D eigenvalue weighted by Gasteiger charge is 2.19. The lowest BCUT2D eigenvalue weighted by atomic mass is 10.0. The lowest BCUT2D eigenvalue weighted by Crippen LogP contribution is -2.45. The minimum Gasteiger partial charge on any atom is -0.394 e. The maximum absolute atomic E-state index is 12.3. The Morgan fingerprint density at radius 3 is 1.42 bits per heavy atom. The first kappa shape index (κ1) is 41.4. The Morgan fingerprint density at radius 2 is 0.953 bits per heavy atom. The molecule has 0 fully saturated rings. The summed E-state index contributed by atoms with van der Waals surface area (Å²) < 4.78 is 0. The number of carbonyl (C=O) groups is 1. The standard InChI is InChI=1S/C39H71NO3/c1-3-5-7-9-11-13-15-16-17-18-19-20-21-22-23-24-25-27-29-31-33-35-39(43)40-37(36-41)38(42)34-32-30-28-26-14-12-10-8-6-4-2/h17-18,20-21,23-24,27,29,37-38,41-42H,3-16,19,22,25-26,28,30-36H2,1-2H3,(H,40,43)/b18-17+,21-20+,24-23+,29-27+/t37-,38+/m0/s1. The van der Waals surface area contributed by atoms with Crippen molar-refractivity contribution in [3.05, 3.63) is 48.6 Å². The van der Waals surface area contributed by atoms with Gasteiger partial charge < -0.3 is 15.5 Å². The topological polar surface area (TPSA) is 69.6 Å². The molecule has 0 bridgehead atoms. The molecule has 2 atom stereocenters. The van der Waals surface area contributed by atoms with Crippen molar-refractivity contribution in [2.75, 3.05) is 6.61 Å². The molecule has 0 spiro atoms. The average Bonchev–Trinajstić information content (AvgIpc) is 3.01. The van der Waals surface area contributed by atoms with E-state index in [1.807, 2.05) is 0 Å².